The van der Waals surface area contributed by atoms with Crippen LogP contribution in [0.2, 0.25) is 0 Å². The molecule has 0 bridgehead atoms. The molecule has 0 aliphatic carbocycles. The third-order valence-electron chi connectivity index (χ3n) is 4.92. The Morgan fingerprint density at radius 3 is 2.12 bits per heavy atom. The molecule has 24 heavy (non-hydrogen) atoms. The van der Waals surface area contributed by atoms with Gasteiger partial charge in [-0.3, -0.25) is 0 Å². The van der Waals surface area contributed by atoms with Crippen LogP contribution in [0.5, 0.6) is 0 Å². The minimum Gasteiger partial charge on any atom is -0.367 e. The van der Waals surface area contributed by atoms with Gasteiger partial charge in [-0.15, -0.1) is 17.5 Å². The summed E-state index contributed by atoms with van der Waals surface area (Å²) in [6.07, 6.45) is 3.18. The summed E-state index contributed by atoms with van der Waals surface area (Å²) in [5.74, 6) is -0.213. The van der Waals surface area contributed by atoms with Gasteiger partial charge in [0, 0.05) is 26.2 Å². The maximum absolute atomic E-state index is 13.0. The largest absolute Gasteiger partial charge is 0.367 e. The Morgan fingerprint density at radius 2 is 1.58 bits per heavy atom. The van der Waals surface area contributed by atoms with Gasteiger partial charge in [0.1, 0.15) is 0 Å². The second-order valence-corrected chi connectivity index (χ2v) is 6.29. The molecule has 0 spiro atoms. The number of nitrogens with two attached hydrogens (primary N) is 1. The molecule has 2 amide bonds. The monoisotopic (exact) mass is 353 g/mol. The molecule has 0 saturated carbocycles. The second kappa shape index (κ2) is 7.85. The van der Waals surface area contributed by atoms with E-state index >= 15 is 0 Å². The van der Waals surface area contributed by atoms with Gasteiger partial charge < -0.3 is 15.5 Å². The fourth-order valence-electron chi connectivity index (χ4n) is 3.46. The number of likely N-dealkylation sites (tertiary alicyclic amines) is 1. The van der Waals surface area contributed by atoms with Gasteiger partial charge in [-0.2, -0.15) is 0 Å². The highest BCUT2D eigenvalue weighted by Gasteiger charge is 2.46. The summed E-state index contributed by atoms with van der Waals surface area (Å²) in [4.78, 5) is 31.6. The molecule has 6 nitrogen and oxygen atoms in total. The lowest BCUT2D eigenvalue weighted by Crippen LogP contribution is -2.51. The van der Waals surface area contributed by atoms with Crippen molar-refractivity contribution in [3.8, 4) is 0 Å². The summed E-state index contributed by atoms with van der Waals surface area (Å²) in [6, 6.07) is 9.29. The molecule has 2 aliphatic rings. The second-order valence-electron chi connectivity index (χ2n) is 6.29. The maximum atomic E-state index is 13.0. The molecule has 7 heteroatoms. The lowest BCUT2D eigenvalue weighted by atomic mass is 9.73. The summed E-state index contributed by atoms with van der Waals surface area (Å²) in [6.45, 7) is 2.53. The van der Waals surface area contributed by atoms with Gasteiger partial charge in [-0.25, -0.2) is 9.59 Å². The smallest absolute Gasteiger partial charge is 0.335 e. The van der Waals surface area contributed by atoms with Crippen molar-refractivity contribution in [2.24, 2.45) is 5.73 Å². The first-order valence-electron chi connectivity index (χ1n) is 8.19. The Labute approximate surface area is 148 Å². The van der Waals surface area contributed by atoms with Crippen LogP contribution in [-0.4, -0.2) is 48.1 Å². The lowest BCUT2D eigenvalue weighted by Gasteiger charge is -2.40. The van der Waals surface area contributed by atoms with Crippen molar-refractivity contribution in [3.63, 3.8) is 0 Å². The van der Waals surface area contributed by atoms with Crippen molar-refractivity contribution in [1.82, 2.24) is 9.96 Å². The first-order chi connectivity index (χ1) is 11.1. The van der Waals surface area contributed by atoms with Crippen LogP contribution < -0.4 is 5.73 Å². The number of benzene rings is 1. The van der Waals surface area contributed by atoms with Crippen LogP contribution in [0.15, 0.2) is 30.3 Å². The fourth-order valence-corrected chi connectivity index (χ4v) is 3.46. The Bertz CT molecular complexity index is 568. The molecular weight excluding hydrogens is 330 g/mol. The molecule has 0 atom stereocenters. The summed E-state index contributed by atoms with van der Waals surface area (Å²) in [5, 5.41) is 1.76. The van der Waals surface area contributed by atoms with Gasteiger partial charge in [0.05, 0.1) is 5.41 Å². The number of piperidine rings is 1. The zero-order chi connectivity index (χ0) is 16.3. The van der Waals surface area contributed by atoms with Gasteiger partial charge in [-0.1, -0.05) is 30.3 Å². The van der Waals surface area contributed by atoms with E-state index in [1.165, 1.54) is 0 Å². The molecule has 0 unspecified atom stereocenters. The van der Waals surface area contributed by atoms with E-state index in [0.29, 0.717) is 25.9 Å². The van der Waals surface area contributed by atoms with E-state index in [9.17, 15) is 9.59 Å². The van der Waals surface area contributed by atoms with Gasteiger partial charge >= 0.3 is 12.0 Å². The summed E-state index contributed by atoms with van der Waals surface area (Å²) in [5.41, 5.74) is 5.62. The average molecular weight is 354 g/mol. The van der Waals surface area contributed by atoms with Crippen LogP contribution in [0.25, 0.3) is 0 Å². The van der Waals surface area contributed by atoms with Crippen LogP contribution in [0.1, 0.15) is 31.2 Å². The minimum absolute atomic E-state index is 0. The SMILES string of the molecule is Cl.NC(=O)N1CCC(C(=O)ON2CCCC2)(c2ccccc2)CC1. The Hall–Kier alpha value is -1.79. The average Bonchev–Trinajstić information content (AvgIpc) is 3.08. The molecule has 132 valence electrons. The highest BCUT2D eigenvalue weighted by Crippen LogP contribution is 2.37. The molecule has 2 heterocycles. The van der Waals surface area contributed by atoms with Gasteiger partial charge in [0.15, 0.2) is 0 Å². The van der Waals surface area contributed by atoms with E-state index in [4.69, 9.17) is 10.6 Å². The Morgan fingerprint density at radius 1 is 1.00 bits per heavy atom. The zero-order valence-electron chi connectivity index (χ0n) is 13.6. The van der Waals surface area contributed by atoms with E-state index in [0.717, 1.165) is 31.5 Å². The summed E-state index contributed by atoms with van der Waals surface area (Å²) in [7, 11) is 0. The minimum atomic E-state index is -0.699. The van der Waals surface area contributed by atoms with E-state index in [1.807, 2.05) is 30.3 Å². The molecule has 2 N–H and O–H groups in total. The normalized spacial score (nSPS) is 20.2. The van der Waals surface area contributed by atoms with Crippen molar-refractivity contribution >= 4 is 24.4 Å². The standard InChI is InChI=1S/C17H23N3O3.ClH/c18-16(22)19-12-8-17(9-13-19,14-6-2-1-3-7-14)15(21)23-20-10-4-5-11-20;/h1-3,6-7H,4-5,8-13H2,(H2,18,22);1H. The van der Waals surface area contributed by atoms with Crippen LogP contribution >= 0.6 is 12.4 Å². The van der Waals surface area contributed by atoms with Crippen molar-refractivity contribution in [3.05, 3.63) is 35.9 Å². The van der Waals surface area contributed by atoms with Crippen LogP contribution in [0.4, 0.5) is 4.79 Å². The van der Waals surface area contributed by atoms with Crippen molar-refractivity contribution in [1.29, 1.82) is 0 Å². The Balaban J connectivity index is 0.00000208. The third-order valence-corrected chi connectivity index (χ3v) is 4.92. The van der Waals surface area contributed by atoms with Crippen molar-refractivity contribution < 1.29 is 14.4 Å². The number of primary amides is 1. The number of halogens is 1. The summed E-state index contributed by atoms with van der Waals surface area (Å²) < 4.78 is 0. The number of carbonyl (C=O) groups excluding carboxylic acids is 2. The van der Waals surface area contributed by atoms with E-state index in [-0.39, 0.29) is 18.4 Å². The molecule has 2 saturated heterocycles. The predicted octanol–water partition coefficient (Wildman–Crippen LogP) is 2.07. The highest BCUT2D eigenvalue weighted by molar-refractivity contribution is 5.85. The number of urea groups is 1. The maximum Gasteiger partial charge on any atom is 0.335 e. The predicted molar refractivity (Wildman–Crippen MR) is 92.7 cm³/mol. The zero-order valence-corrected chi connectivity index (χ0v) is 14.5. The first-order valence-corrected chi connectivity index (χ1v) is 8.19. The van der Waals surface area contributed by atoms with Crippen LogP contribution in [-0.2, 0) is 15.0 Å². The van der Waals surface area contributed by atoms with Crippen molar-refractivity contribution in [2.75, 3.05) is 26.2 Å². The molecule has 0 radical (unpaired) electrons. The number of hydroxylamine groups is 2. The van der Waals surface area contributed by atoms with Crippen LogP contribution in [0.3, 0.4) is 0 Å². The van der Waals surface area contributed by atoms with Gasteiger partial charge in [0.2, 0.25) is 0 Å². The topological polar surface area (TPSA) is 75.9 Å². The number of rotatable bonds is 3. The van der Waals surface area contributed by atoms with E-state index < -0.39 is 11.4 Å². The van der Waals surface area contributed by atoms with Crippen LogP contribution in [0, 0.1) is 0 Å². The molecule has 3 rings (SSSR count). The number of amides is 2. The highest BCUT2D eigenvalue weighted by atomic mass is 35.5. The number of hydrogen-bond acceptors (Lipinski definition) is 4. The van der Waals surface area contributed by atoms with E-state index in [2.05, 4.69) is 0 Å². The molecule has 1 aromatic carbocycles. The number of carbonyl (C=O) groups is 2. The number of nitrogens with zero attached hydrogens (tertiary/aromatic N) is 2. The third kappa shape index (κ3) is 3.65. The number of hydrogen-bond donors (Lipinski definition) is 1. The lowest BCUT2D eigenvalue weighted by molar-refractivity contribution is -0.194. The first kappa shape index (κ1) is 18.5. The van der Waals surface area contributed by atoms with Gasteiger partial charge in [-0.05, 0) is 31.2 Å². The molecule has 2 aliphatic heterocycles. The van der Waals surface area contributed by atoms with Gasteiger partial charge in [0.25, 0.3) is 0 Å². The molecule has 1 aromatic rings. The molecule has 0 aromatic heterocycles. The summed E-state index contributed by atoms with van der Waals surface area (Å²) >= 11 is 0. The van der Waals surface area contributed by atoms with Crippen molar-refractivity contribution in [2.45, 2.75) is 31.1 Å². The fraction of sp³-hybridized carbons (Fsp3) is 0.529. The Kier molecular flexibility index (Phi) is 6.07. The van der Waals surface area contributed by atoms with E-state index in [1.54, 1.807) is 9.96 Å². The molecule has 2 fully saturated rings. The quantitative estimate of drug-likeness (QED) is 0.902. The molecular formula is C17H24ClN3O3.